The summed E-state index contributed by atoms with van der Waals surface area (Å²) in [6.07, 6.45) is 5.03. The first-order valence-corrected chi connectivity index (χ1v) is 7.65. The van der Waals surface area contributed by atoms with Gasteiger partial charge in [-0.2, -0.15) is 0 Å². The minimum atomic E-state index is 0.0634. The monoisotopic (exact) mass is 290 g/mol. The summed E-state index contributed by atoms with van der Waals surface area (Å²) in [5, 5.41) is 7.22. The van der Waals surface area contributed by atoms with Crippen molar-refractivity contribution < 1.29 is 4.79 Å². The van der Waals surface area contributed by atoms with E-state index in [0.717, 1.165) is 5.69 Å². The Balaban J connectivity index is 1.94. The van der Waals surface area contributed by atoms with Crippen molar-refractivity contribution in [1.82, 2.24) is 5.32 Å². The lowest BCUT2D eigenvalue weighted by Crippen LogP contribution is -2.43. The van der Waals surface area contributed by atoms with E-state index in [1.807, 2.05) is 24.3 Å². The molecule has 20 heavy (non-hydrogen) atoms. The summed E-state index contributed by atoms with van der Waals surface area (Å²) < 4.78 is 0. The zero-order valence-electron chi connectivity index (χ0n) is 12.1. The molecule has 0 heterocycles. The van der Waals surface area contributed by atoms with E-state index in [2.05, 4.69) is 17.6 Å². The third-order valence-corrected chi connectivity index (χ3v) is 4.17. The summed E-state index contributed by atoms with van der Waals surface area (Å²) in [5.41, 5.74) is 1.56. The van der Waals surface area contributed by atoms with E-state index in [1.165, 1.54) is 25.7 Å². The number of anilines is 1. The molecule has 1 aromatic rings. The molecule has 0 unspecified atom stereocenters. The SMILES string of the molecule is CC(=O)c1cccc(NC(=S)N[C@@H]2CCCC[C@H]2C)c1. The molecular weight excluding hydrogens is 268 g/mol. The van der Waals surface area contributed by atoms with E-state index in [1.54, 1.807) is 6.92 Å². The molecule has 2 N–H and O–H groups in total. The van der Waals surface area contributed by atoms with Crippen LogP contribution in [0.2, 0.25) is 0 Å². The Morgan fingerprint density at radius 3 is 2.75 bits per heavy atom. The minimum absolute atomic E-state index is 0.0634. The van der Waals surface area contributed by atoms with Crippen LogP contribution in [0.1, 0.15) is 49.9 Å². The molecule has 0 spiro atoms. The van der Waals surface area contributed by atoms with Crippen LogP contribution in [0.15, 0.2) is 24.3 Å². The Bertz CT molecular complexity index is 501. The van der Waals surface area contributed by atoms with Crippen molar-refractivity contribution in [2.45, 2.75) is 45.6 Å². The predicted octanol–water partition coefficient (Wildman–Crippen LogP) is 3.75. The molecule has 1 aliphatic rings. The summed E-state index contributed by atoms with van der Waals surface area (Å²) in [6.45, 7) is 3.84. The quantitative estimate of drug-likeness (QED) is 0.657. The third kappa shape index (κ3) is 4.04. The molecule has 0 aromatic heterocycles. The number of benzene rings is 1. The summed E-state index contributed by atoms with van der Waals surface area (Å²) >= 11 is 5.37. The summed E-state index contributed by atoms with van der Waals surface area (Å²) in [4.78, 5) is 11.4. The highest BCUT2D eigenvalue weighted by molar-refractivity contribution is 7.80. The Morgan fingerprint density at radius 2 is 2.05 bits per heavy atom. The van der Waals surface area contributed by atoms with E-state index >= 15 is 0 Å². The van der Waals surface area contributed by atoms with Gasteiger partial charge in [-0.15, -0.1) is 0 Å². The van der Waals surface area contributed by atoms with Crippen LogP contribution in [0.25, 0.3) is 0 Å². The number of ketones is 1. The second-order valence-electron chi connectivity index (χ2n) is 5.60. The predicted molar refractivity (Wildman–Crippen MR) is 87.2 cm³/mol. The summed E-state index contributed by atoms with van der Waals surface area (Å²) in [7, 11) is 0. The lowest BCUT2D eigenvalue weighted by Gasteiger charge is -2.30. The van der Waals surface area contributed by atoms with Gasteiger partial charge in [0.25, 0.3) is 0 Å². The highest BCUT2D eigenvalue weighted by Crippen LogP contribution is 2.23. The maximum atomic E-state index is 11.4. The molecular formula is C16H22N2OS. The molecule has 1 aromatic carbocycles. The van der Waals surface area contributed by atoms with Crippen molar-refractivity contribution in [3.05, 3.63) is 29.8 Å². The molecule has 0 radical (unpaired) electrons. The van der Waals surface area contributed by atoms with E-state index in [9.17, 15) is 4.79 Å². The van der Waals surface area contributed by atoms with Gasteiger partial charge in [-0.1, -0.05) is 31.9 Å². The van der Waals surface area contributed by atoms with Crippen molar-refractivity contribution >= 4 is 28.8 Å². The number of hydrogen-bond acceptors (Lipinski definition) is 2. The molecule has 3 nitrogen and oxygen atoms in total. The number of hydrogen-bond donors (Lipinski definition) is 2. The Hall–Kier alpha value is -1.42. The van der Waals surface area contributed by atoms with Crippen molar-refractivity contribution in [2.24, 2.45) is 5.92 Å². The molecule has 1 saturated carbocycles. The van der Waals surface area contributed by atoms with E-state index in [4.69, 9.17) is 12.2 Å². The smallest absolute Gasteiger partial charge is 0.171 e. The number of Topliss-reactive ketones (excluding diaryl/α,β-unsaturated/α-hetero) is 1. The van der Waals surface area contributed by atoms with Gasteiger partial charge in [0, 0.05) is 17.3 Å². The first-order valence-electron chi connectivity index (χ1n) is 7.25. The van der Waals surface area contributed by atoms with Gasteiger partial charge in [0.05, 0.1) is 0 Å². The highest BCUT2D eigenvalue weighted by atomic mass is 32.1. The molecule has 0 aliphatic heterocycles. The average Bonchev–Trinajstić information content (AvgIpc) is 2.41. The van der Waals surface area contributed by atoms with Crippen LogP contribution in [0.3, 0.4) is 0 Å². The third-order valence-electron chi connectivity index (χ3n) is 3.95. The van der Waals surface area contributed by atoms with Gasteiger partial charge in [0.1, 0.15) is 0 Å². The van der Waals surface area contributed by atoms with E-state index < -0.39 is 0 Å². The molecule has 1 fully saturated rings. The van der Waals surface area contributed by atoms with Crippen LogP contribution in [0, 0.1) is 5.92 Å². The van der Waals surface area contributed by atoms with Crippen molar-refractivity contribution in [3.63, 3.8) is 0 Å². The molecule has 4 heteroatoms. The van der Waals surface area contributed by atoms with Gasteiger partial charge in [-0.25, -0.2) is 0 Å². The normalized spacial score (nSPS) is 22.1. The van der Waals surface area contributed by atoms with Crippen molar-refractivity contribution in [1.29, 1.82) is 0 Å². The first kappa shape index (κ1) is 15.0. The van der Waals surface area contributed by atoms with Crippen molar-refractivity contribution in [3.8, 4) is 0 Å². The number of carbonyl (C=O) groups is 1. The van der Waals surface area contributed by atoms with Gasteiger partial charge in [0.2, 0.25) is 0 Å². The topological polar surface area (TPSA) is 41.1 Å². The fourth-order valence-electron chi connectivity index (χ4n) is 2.68. The second kappa shape index (κ2) is 6.84. The largest absolute Gasteiger partial charge is 0.359 e. The Morgan fingerprint density at radius 1 is 1.30 bits per heavy atom. The van der Waals surface area contributed by atoms with Gasteiger partial charge in [-0.05, 0) is 50.0 Å². The maximum Gasteiger partial charge on any atom is 0.171 e. The molecule has 1 aliphatic carbocycles. The molecule has 0 bridgehead atoms. The fourth-order valence-corrected chi connectivity index (χ4v) is 2.95. The van der Waals surface area contributed by atoms with E-state index in [-0.39, 0.29) is 5.78 Å². The lowest BCUT2D eigenvalue weighted by atomic mass is 9.86. The summed E-state index contributed by atoms with van der Waals surface area (Å²) in [6, 6.07) is 7.89. The van der Waals surface area contributed by atoms with Gasteiger partial charge < -0.3 is 10.6 Å². The molecule has 2 rings (SSSR count). The van der Waals surface area contributed by atoms with Crippen LogP contribution in [0.4, 0.5) is 5.69 Å². The fraction of sp³-hybridized carbons (Fsp3) is 0.500. The van der Waals surface area contributed by atoms with Gasteiger partial charge in [-0.3, -0.25) is 4.79 Å². The number of rotatable bonds is 3. The van der Waals surface area contributed by atoms with Crippen LogP contribution in [-0.4, -0.2) is 16.9 Å². The number of thiocarbonyl (C=S) groups is 1. The maximum absolute atomic E-state index is 11.4. The Kier molecular flexibility index (Phi) is 5.12. The molecule has 108 valence electrons. The summed E-state index contributed by atoms with van der Waals surface area (Å²) in [5.74, 6) is 0.723. The van der Waals surface area contributed by atoms with Gasteiger partial charge in [0.15, 0.2) is 10.9 Å². The molecule has 0 saturated heterocycles. The first-order chi connectivity index (χ1) is 9.56. The minimum Gasteiger partial charge on any atom is -0.359 e. The van der Waals surface area contributed by atoms with Crippen molar-refractivity contribution in [2.75, 3.05) is 5.32 Å². The zero-order chi connectivity index (χ0) is 14.5. The van der Waals surface area contributed by atoms with Crippen LogP contribution < -0.4 is 10.6 Å². The number of nitrogens with one attached hydrogen (secondary N) is 2. The zero-order valence-corrected chi connectivity index (χ0v) is 12.9. The van der Waals surface area contributed by atoms with Crippen LogP contribution >= 0.6 is 12.2 Å². The van der Waals surface area contributed by atoms with Gasteiger partial charge >= 0.3 is 0 Å². The molecule has 0 amide bonds. The average molecular weight is 290 g/mol. The van der Waals surface area contributed by atoms with Crippen LogP contribution in [-0.2, 0) is 0 Å². The molecule has 2 atom stereocenters. The lowest BCUT2D eigenvalue weighted by molar-refractivity contribution is 0.101. The standard InChI is InChI=1S/C16H22N2OS/c1-11-6-3-4-9-15(11)18-16(20)17-14-8-5-7-13(10-14)12(2)19/h5,7-8,10-11,15H,3-4,6,9H2,1-2H3,(H2,17,18,20)/t11-,15-/m1/s1. The number of carbonyl (C=O) groups excluding carboxylic acids is 1. The van der Waals surface area contributed by atoms with E-state index in [0.29, 0.717) is 22.6 Å². The second-order valence-corrected chi connectivity index (χ2v) is 6.01. The van der Waals surface area contributed by atoms with Crippen LogP contribution in [0.5, 0.6) is 0 Å². The Labute approximate surface area is 126 Å². The highest BCUT2D eigenvalue weighted by Gasteiger charge is 2.21.